The maximum Gasteiger partial charge on any atom is 0.335 e. The molecule has 1 heterocycles. The van der Waals surface area contributed by atoms with E-state index in [0.717, 1.165) is 103 Å². The fourth-order valence-corrected chi connectivity index (χ4v) is 8.85. The lowest BCUT2D eigenvalue weighted by Crippen LogP contribution is -2.61. The Bertz CT molecular complexity index is 1460. The predicted molar refractivity (Wildman–Crippen MR) is 294 cm³/mol. The van der Waals surface area contributed by atoms with Crippen molar-refractivity contribution in [1.82, 2.24) is 0 Å². The Morgan fingerprint density at radius 2 is 0.863 bits per heavy atom. The van der Waals surface area contributed by atoms with E-state index in [2.05, 4.69) is 69.4 Å². The van der Waals surface area contributed by atoms with Crippen molar-refractivity contribution in [3.05, 3.63) is 48.6 Å². The SMILES string of the molecule is CC/C=C\C/C=C\C/C=C\CCCCCCCC(=O)OCC(COC1OC(C(=O)O)C(O)C(O)C1OC(=O)CCCCCCCCC/C=C\CCCCCCCC)OC(=O)CCCCCCCCCCCCC. The Balaban J connectivity index is 2.67. The molecule has 6 atom stereocenters. The van der Waals surface area contributed by atoms with Gasteiger partial charge in [-0.2, -0.15) is 0 Å². The highest BCUT2D eigenvalue weighted by Gasteiger charge is 2.50. The van der Waals surface area contributed by atoms with Gasteiger partial charge in [-0.3, -0.25) is 14.4 Å². The first-order valence-electron chi connectivity index (χ1n) is 29.6. The van der Waals surface area contributed by atoms with Crippen LogP contribution in [0.15, 0.2) is 48.6 Å². The van der Waals surface area contributed by atoms with E-state index in [0.29, 0.717) is 19.3 Å². The van der Waals surface area contributed by atoms with E-state index in [9.17, 15) is 34.5 Å². The molecular formula is C61H106O12. The van der Waals surface area contributed by atoms with Crippen LogP contribution in [0.5, 0.6) is 0 Å². The second kappa shape index (κ2) is 49.6. The highest BCUT2D eigenvalue weighted by molar-refractivity contribution is 5.74. The summed E-state index contributed by atoms with van der Waals surface area (Å²) in [6.45, 7) is 5.86. The van der Waals surface area contributed by atoms with Gasteiger partial charge in [-0.25, -0.2) is 4.79 Å². The van der Waals surface area contributed by atoms with Crippen LogP contribution in [0, 0.1) is 0 Å². The number of carbonyl (C=O) groups excluding carboxylic acids is 3. The van der Waals surface area contributed by atoms with Crippen LogP contribution in [0.1, 0.15) is 265 Å². The molecule has 1 fully saturated rings. The van der Waals surface area contributed by atoms with Crippen molar-refractivity contribution in [2.24, 2.45) is 0 Å². The van der Waals surface area contributed by atoms with Crippen molar-refractivity contribution < 1.29 is 58.2 Å². The molecule has 0 saturated carbocycles. The van der Waals surface area contributed by atoms with E-state index >= 15 is 0 Å². The monoisotopic (exact) mass is 1030 g/mol. The number of esters is 3. The Kier molecular flexibility index (Phi) is 45.9. The van der Waals surface area contributed by atoms with Gasteiger partial charge in [-0.05, 0) is 77.0 Å². The second-order valence-electron chi connectivity index (χ2n) is 20.3. The van der Waals surface area contributed by atoms with Crippen LogP contribution in [-0.4, -0.2) is 89.2 Å². The van der Waals surface area contributed by atoms with Gasteiger partial charge in [-0.15, -0.1) is 0 Å². The van der Waals surface area contributed by atoms with E-state index in [1.54, 1.807) is 0 Å². The van der Waals surface area contributed by atoms with Gasteiger partial charge in [0.2, 0.25) is 0 Å². The molecule has 1 saturated heterocycles. The van der Waals surface area contributed by atoms with Crippen LogP contribution in [0.3, 0.4) is 0 Å². The summed E-state index contributed by atoms with van der Waals surface area (Å²) in [6.07, 6.45) is 46.5. The standard InChI is InChI=1S/C61H106O12/c1-4-7-10-13-16-19-22-24-26-27-29-31-34-37-40-43-46-49-55(64)72-59-57(66)56(65)58(60(67)68)73-61(59)70-51-52(71-54(63)48-45-42-39-36-32-21-18-15-12-9-6-3)50-69-53(62)47-44-41-38-35-33-30-28-25-23-20-17-14-11-8-5-2/h8,11,17,20,24-26,28,52,56-59,61,65-66H,4-7,9-10,12-16,18-19,21-23,27,29-51H2,1-3H3,(H,67,68)/b11-8-,20-17-,26-24-,28-25-. The number of carbonyl (C=O) groups is 4. The molecule has 0 amide bonds. The van der Waals surface area contributed by atoms with Crippen LogP contribution in [-0.2, 0) is 42.9 Å². The highest BCUT2D eigenvalue weighted by atomic mass is 16.7. The maximum absolute atomic E-state index is 13.1. The molecule has 422 valence electrons. The Labute approximate surface area is 443 Å². The molecule has 6 unspecified atom stereocenters. The van der Waals surface area contributed by atoms with Gasteiger partial charge >= 0.3 is 23.9 Å². The number of hydrogen-bond donors (Lipinski definition) is 3. The van der Waals surface area contributed by atoms with Crippen molar-refractivity contribution in [1.29, 1.82) is 0 Å². The fraction of sp³-hybridized carbons (Fsp3) is 0.803. The van der Waals surface area contributed by atoms with Crippen molar-refractivity contribution in [2.45, 2.75) is 302 Å². The Morgan fingerprint density at radius 1 is 0.466 bits per heavy atom. The van der Waals surface area contributed by atoms with Crippen LogP contribution >= 0.6 is 0 Å². The second-order valence-corrected chi connectivity index (χ2v) is 20.3. The average Bonchev–Trinajstić information content (AvgIpc) is 3.37. The third-order valence-corrected chi connectivity index (χ3v) is 13.4. The summed E-state index contributed by atoms with van der Waals surface area (Å²) in [5.41, 5.74) is 0. The summed E-state index contributed by atoms with van der Waals surface area (Å²) in [6, 6.07) is 0. The summed E-state index contributed by atoms with van der Waals surface area (Å²) in [7, 11) is 0. The number of rotatable bonds is 50. The number of aliphatic hydroxyl groups excluding tert-OH is 2. The van der Waals surface area contributed by atoms with E-state index in [4.69, 9.17) is 23.7 Å². The topological polar surface area (TPSA) is 175 Å². The van der Waals surface area contributed by atoms with Gasteiger partial charge in [0.25, 0.3) is 0 Å². The minimum absolute atomic E-state index is 0.0557. The van der Waals surface area contributed by atoms with Crippen LogP contribution in [0.2, 0.25) is 0 Å². The summed E-state index contributed by atoms with van der Waals surface area (Å²) >= 11 is 0. The molecule has 3 N–H and O–H groups in total. The molecule has 1 aliphatic rings. The van der Waals surface area contributed by atoms with Gasteiger partial charge in [0.05, 0.1) is 6.61 Å². The minimum atomic E-state index is -1.90. The summed E-state index contributed by atoms with van der Waals surface area (Å²) in [5.74, 6) is -3.13. The van der Waals surface area contributed by atoms with Crippen molar-refractivity contribution in [2.75, 3.05) is 13.2 Å². The molecule has 0 radical (unpaired) electrons. The largest absolute Gasteiger partial charge is 0.479 e. The van der Waals surface area contributed by atoms with E-state index in [1.807, 2.05) is 0 Å². The molecule has 1 rings (SSSR count). The van der Waals surface area contributed by atoms with Crippen LogP contribution < -0.4 is 0 Å². The third-order valence-electron chi connectivity index (χ3n) is 13.4. The normalized spacial score (nSPS) is 18.6. The van der Waals surface area contributed by atoms with Crippen molar-refractivity contribution in [3.63, 3.8) is 0 Å². The van der Waals surface area contributed by atoms with E-state index in [1.165, 1.54) is 103 Å². The van der Waals surface area contributed by atoms with Gasteiger partial charge in [-0.1, -0.05) is 217 Å². The quantitative estimate of drug-likeness (QED) is 0.0228. The minimum Gasteiger partial charge on any atom is -0.479 e. The molecule has 1 aliphatic heterocycles. The van der Waals surface area contributed by atoms with Crippen LogP contribution in [0.4, 0.5) is 0 Å². The fourth-order valence-electron chi connectivity index (χ4n) is 8.85. The first-order chi connectivity index (χ1) is 35.6. The van der Waals surface area contributed by atoms with Crippen LogP contribution in [0.25, 0.3) is 0 Å². The molecular weight excluding hydrogens is 925 g/mol. The summed E-state index contributed by atoms with van der Waals surface area (Å²) in [4.78, 5) is 51.0. The summed E-state index contributed by atoms with van der Waals surface area (Å²) in [5, 5.41) is 31.5. The Hall–Kier alpha value is -3.32. The first-order valence-corrected chi connectivity index (χ1v) is 29.6. The predicted octanol–water partition coefficient (Wildman–Crippen LogP) is 15.0. The molecule has 0 aromatic heterocycles. The molecule has 73 heavy (non-hydrogen) atoms. The maximum atomic E-state index is 13.1. The third kappa shape index (κ3) is 39.7. The number of aliphatic hydroxyl groups is 2. The molecule has 0 aromatic carbocycles. The number of carboxylic acids is 1. The van der Waals surface area contributed by atoms with Crippen molar-refractivity contribution >= 4 is 23.9 Å². The molecule has 12 heteroatoms. The number of ether oxygens (including phenoxy) is 5. The average molecular weight is 1030 g/mol. The molecule has 0 spiro atoms. The van der Waals surface area contributed by atoms with E-state index in [-0.39, 0.29) is 25.9 Å². The smallest absolute Gasteiger partial charge is 0.335 e. The number of allylic oxidation sites excluding steroid dienone is 8. The lowest BCUT2D eigenvalue weighted by molar-refractivity contribution is -0.301. The number of carboxylic acid groups (broad SMARTS) is 1. The molecule has 0 aliphatic carbocycles. The Morgan fingerprint density at radius 3 is 1.33 bits per heavy atom. The van der Waals surface area contributed by atoms with E-state index < -0.39 is 67.3 Å². The van der Waals surface area contributed by atoms with Gasteiger partial charge in [0, 0.05) is 19.3 Å². The van der Waals surface area contributed by atoms with Gasteiger partial charge in [0.15, 0.2) is 24.6 Å². The molecule has 0 bridgehead atoms. The zero-order valence-corrected chi connectivity index (χ0v) is 46.4. The number of aliphatic carboxylic acids is 1. The lowest BCUT2D eigenvalue weighted by atomic mass is 9.98. The first kappa shape index (κ1) is 67.7. The lowest BCUT2D eigenvalue weighted by Gasteiger charge is -2.40. The highest BCUT2D eigenvalue weighted by Crippen LogP contribution is 2.26. The zero-order chi connectivity index (χ0) is 53.3. The number of hydrogen-bond acceptors (Lipinski definition) is 11. The zero-order valence-electron chi connectivity index (χ0n) is 46.4. The van der Waals surface area contributed by atoms with Gasteiger partial charge in [0.1, 0.15) is 18.8 Å². The van der Waals surface area contributed by atoms with Gasteiger partial charge < -0.3 is 39.0 Å². The van der Waals surface area contributed by atoms with Crippen molar-refractivity contribution in [3.8, 4) is 0 Å². The molecule has 12 nitrogen and oxygen atoms in total. The summed E-state index contributed by atoms with van der Waals surface area (Å²) < 4.78 is 28.4. The number of unbranched alkanes of at least 4 members (excludes halogenated alkanes) is 28. The molecule has 0 aromatic rings.